The van der Waals surface area contributed by atoms with Crippen LogP contribution in [0.15, 0.2) is 35.4 Å². The van der Waals surface area contributed by atoms with Crippen molar-refractivity contribution in [1.29, 1.82) is 0 Å². The van der Waals surface area contributed by atoms with Gasteiger partial charge in [0.2, 0.25) is 0 Å². The van der Waals surface area contributed by atoms with E-state index in [0.717, 1.165) is 12.1 Å². The van der Waals surface area contributed by atoms with Gasteiger partial charge in [-0.2, -0.15) is 0 Å². The molecule has 3 nitrogen and oxygen atoms in total. The summed E-state index contributed by atoms with van der Waals surface area (Å²) in [5.74, 6) is 0.583. The fraction of sp³-hybridized carbons (Fsp3) is 0.333. The molecule has 23 heavy (non-hydrogen) atoms. The molecule has 0 bridgehead atoms. The molecule has 0 spiro atoms. The number of thioether (sulfide) groups is 1. The maximum atomic E-state index is 12.4. The molecule has 0 atom stereocenters. The highest BCUT2D eigenvalue weighted by molar-refractivity contribution is 8.26. The highest BCUT2D eigenvalue weighted by Gasteiger charge is 2.30. The average molecular weight is 345 g/mol. The summed E-state index contributed by atoms with van der Waals surface area (Å²) >= 11 is 6.68. The van der Waals surface area contributed by atoms with E-state index in [1.165, 1.54) is 22.7 Å². The lowest BCUT2D eigenvalue weighted by Crippen LogP contribution is -2.27. The smallest absolute Gasteiger partial charge is 0.266 e. The third kappa shape index (κ3) is 3.08. The van der Waals surface area contributed by atoms with Gasteiger partial charge in [0.15, 0.2) is 0 Å². The van der Waals surface area contributed by atoms with Crippen LogP contribution in [0.2, 0.25) is 0 Å². The van der Waals surface area contributed by atoms with Crippen LogP contribution < -0.4 is 0 Å². The average Bonchev–Trinajstić information content (AvgIpc) is 2.98. The topological polar surface area (TPSA) is 25.2 Å². The number of benzene rings is 1. The van der Waals surface area contributed by atoms with E-state index in [-0.39, 0.29) is 5.91 Å². The maximum absolute atomic E-state index is 12.4. The lowest BCUT2D eigenvalue weighted by molar-refractivity contribution is -0.121. The second kappa shape index (κ2) is 6.49. The number of carbonyl (C=O) groups excluding carboxylic acids is 1. The summed E-state index contributed by atoms with van der Waals surface area (Å²) in [6, 6.07) is 8.33. The number of hydrogen-bond acceptors (Lipinski definition) is 3. The molecule has 2 aromatic rings. The quantitative estimate of drug-likeness (QED) is 0.602. The SMILES string of the molecule is CCN1C(=O)/C(=C/c2cn(CC(C)C)c3ccccc23)SC1=S. The predicted octanol–water partition coefficient (Wildman–Crippen LogP) is 4.52. The molecule has 1 aliphatic rings. The lowest BCUT2D eigenvalue weighted by Gasteiger charge is -2.09. The van der Waals surface area contributed by atoms with Crippen molar-refractivity contribution < 1.29 is 4.79 Å². The van der Waals surface area contributed by atoms with Crippen molar-refractivity contribution in [3.63, 3.8) is 0 Å². The van der Waals surface area contributed by atoms with Crippen molar-refractivity contribution in [2.24, 2.45) is 5.92 Å². The van der Waals surface area contributed by atoms with Gasteiger partial charge in [0.05, 0.1) is 4.91 Å². The van der Waals surface area contributed by atoms with Crippen LogP contribution >= 0.6 is 24.0 Å². The molecule has 1 saturated heterocycles. The molecule has 1 fully saturated rings. The Morgan fingerprint density at radius 2 is 2.04 bits per heavy atom. The Hall–Kier alpha value is -1.59. The van der Waals surface area contributed by atoms with Crippen molar-refractivity contribution in [3.8, 4) is 0 Å². The number of para-hydroxylation sites is 1. The Balaban J connectivity index is 2.05. The zero-order valence-corrected chi connectivity index (χ0v) is 15.2. The van der Waals surface area contributed by atoms with Crippen LogP contribution in [-0.2, 0) is 11.3 Å². The van der Waals surface area contributed by atoms with E-state index in [2.05, 4.69) is 42.8 Å². The van der Waals surface area contributed by atoms with Crippen LogP contribution in [0.3, 0.4) is 0 Å². The van der Waals surface area contributed by atoms with E-state index in [4.69, 9.17) is 12.2 Å². The van der Waals surface area contributed by atoms with Crippen LogP contribution in [-0.4, -0.2) is 26.2 Å². The standard InChI is InChI=1S/C18H20N2OS2/c1-4-20-17(21)16(23-18(20)22)9-13-11-19(10-12(2)3)15-8-6-5-7-14(13)15/h5-9,11-12H,4,10H2,1-3H3/b16-9-. The Bertz CT molecular complexity index is 804. The number of likely N-dealkylation sites (N-methyl/N-ethyl adjacent to an activating group) is 1. The van der Waals surface area contributed by atoms with Gasteiger partial charge < -0.3 is 4.57 Å². The molecule has 1 aliphatic heterocycles. The van der Waals surface area contributed by atoms with Gasteiger partial charge in [-0.3, -0.25) is 9.69 Å². The maximum Gasteiger partial charge on any atom is 0.266 e. The molecule has 5 heteroatoms. The first-order valence-electron chi connectivity index (χ1n) is 7.84. The first-order chi connectivity index (χ1) is 11.0. The summed E-state index contributed by atoms with van der Waals surface area (Å²) in [5.41, 5.74) is 2.29. The summed E-state index contributed by atoms with van der Waals surface area (Å²) in [6.07, 6.45) is 4.12. The van der Waals surface area contributed by atoms with Gasteiger partial charge in [0.25, 0.3) is 5.91 Å². The third-order valence-corrected chi connectivity index (χ3v) is 5.24. The summed E-state index contributed by atoms with van der Waals surface area (Å²) in [7, 11) is 0. The van der Waals surface area contributed by atoms with E-state index in [1.807, 2.05) is 19.1 Å². The minimum Gasteiger partial charge on any atom is -0.347 e. The van der Waals surface area contributed by atoms with Crippen LogP contribution in [0.25, 0.3) is 17.0 Å². The molecule has 120 valence electrons. The summed E-state index contributed by atoms with van der Waals surface area (Å²) in [5, 5.41) is 1.18. The fourth-order valence-corrected chi connectivity index (χ4v) is 4.22. The summed E-state index contributed by atoms with van der Waals surface area (Å²) in [6.45, 7) is 7.95. The number of thiocarbonyl (C=S) groups is 1. The van der Waals surface area contributed by atoms with Crippen LogP contribution in [0, 0.1) is 5.92 Å². The lowest BCUT2D eigenvalue weighted by atomic mass is 10.1. The van der Waals surface area contributed by atoms with E-state index in [1.54, 1.807) is 4.90 Å². The fourth-order valence-electron chi connectivity index (χ4n) is 2.85. The Morgan fingerprint density at radius 3 is 2.70 bits per heavy atom. The van der Waals surface area contributed by atoms with Crippen molar-refractivity contribution in [1.82, 2.24) is 9.47 Å². The van der Waals surface area contributed by atoms with Gasteiger partial charge in [-0.1, -0.05) is 56.0 Å². The number of fused-ring (bicyclic) bond motifs is 1. The number of carbonyl (C=O) groups is 1. The van der Waals surface area contributed by atoms with Crippen molar-refractivity contribution >= 4 is 51.2 Å². The second-order valence-electron chi connectivity index (χ2n) is 6.07. The van der Waals surface area contributed by atoms with Gasteiger partial charge in [-0.05, 0) is 25.0 Å². The highest BCUT2D eigenvalue weighted by Crippen LogP contribution is 2.34. The molecule has 1 aromatic heterocycles. The largest absolute Gasteiger partial charge is 0.347 e. The number of aromatic nitrogens is 1. The monoisotopic (exact) mass is 344 g/mol. The summed E-state index contributed by atoms with van der Waals surface area (Å²) in [4.78, 5) is 14.8. The van der Waals surface area contributed by atoms with Crippen LogP contribution in [0.1, 0.15) is 26.3 Å². The normalized spacial score (nSPS) is 17.2. The first kappa shape index (κ1) is 16.3. The van der Waals surface area contributed by atoms with Crippen LogP contribution in [0.5, 0.6) is 0 Å². The molecule has 0 unspecified atom stereocenters. The predicted molar refractivity (Wildman–Crippen MR) is 102 cm³/mol. The molecule has 0 aliphatic carbocycles. The zero-order valence-electron chi connectivity index (χ0n) is 13.6. The molecular formula is C18H20N2OS2. The van der Waals surface area contributed by atoms with Crippen molar-refractivity contribution in [3.05, 3.63) is 40.9 Å². The number of nitrogens with zero attached hydrogens (tertiary/aromatic N) is 2. The van der Waals surface area contributed by atoms with E-state index in [0.29, 0.717) is 21.7 Å². The number of hydrogen-bond donors (Lipinski definition) is 0. The molecule has 0 N–H and O–H groups in total. The Kier molecular flexibility index (Phi) is 4.60. The molecule has 0 radical (unpaired) electrons. The first-order valence-corrected chi connectivity index (χ1v) is 9.07. The minimum atomic E-state index is 0.0168. The van der Waals surface area contributed by atoms with E-state index >= 15 is 0 Å². The number of rotatable bonds is 4. The van der Waals surface area contributed by atoms with Gasteiger partial charge >= 0.3 is 0 Å². The van der Waals surface area contributed by atoms with Gasteiger partial charge in [-0.15, -0.1) is 0 Å². The van der Waals surface area contributed by atoms with Gasteiger partial charge in [0, 0.05) is 35.8 Å². The summed E-state index contributed by atoms with van der Waals surface area (Å²) < 4.78 is 2.92. The van der Waals surface area contributed by atoms with Gasteiger partial charge in [-0.25, -0.2) is 0 Å². The molecular weight excluding hydrogens is 324 g/mol. The van der Waals surface area contributed by atoms with E-state index < -0.39 is 0 Å². The Morgan fingerprint density at radius 1 is 1.30 bits per heavy atom. The Labute approximate surface area is 146 Å². The van der Waals surface area contributed by atoms with Crippen molar-refractivity contribution in [2.75, 3.05) is 6.54 Å². The van der Waals surface area contributed by atoms with Crippen LogP contribution in [0.4, 0.5) is 0 Å². The third-order valence-electron chi connectivity index (χ3n) is 3.86. The van der Waals surface area contributed by atoms with Gasteiger partial charge in [0.1, 0.15) is 4.32 Å². The molecule has 1 amide bonds. The number of amides is 1. The van der Waals surface area contributed by atoms with E-state index in [9.17, 15) is 4.79 Å². The minimum absolute atomic E-state index is 0.0168. The molecule has 3 rings (SSSR count). The molecule has 2 heterocycles. The molecule has 1 aromatic carbocycles. The highest BCUT2D eigenvalue weighted by atomic mass is 32.2. The second-order valence-corrected chi connectivity index (χ2v) is 7.75. The molecule has 0 saturated carbocycles. The van der Waals surface area contributed by atoms with Crippen molar-refractivity contribution in [2.45, 2.75) is 27.3 Å². The zero-order chi connectivity index (χ0) is 16.6.